The Kier molecular flexibility index (Phi) is 13.2. The zero-order chi connectivity index (χ0) is 34.5. The molecule has 0 saturated carbocycles. The highest BCUT2D eigenvalue weighted by Gasteiger charge is 2.23. The minimum absolute atomic E-state index is 0. The predicted molar refractivity (Wildman–Crippen MR) is 208 cm³/mol. The monoisotopic (exact) mass is 727 g/mol. The van der Waals surface area contributed by atoms with Gasteiger partial charge in [-0.05, 0) is 85.7 Å². The number of ketones is 4. The fourth-order valence-electron chi connectivity index (χ4n) is 4.95. The van der Waals surface area contributed by atoms with Crippen molar-refractivity contribution in [3.05, 3.63) is 120 Å². The summed E-state index contributed by atoms with van der Waals surface area (Å²) < 4.78 is 0. The first kappa shape index (κ1) is 38.2. The van der Waals surface area contributed by atoms with E-state index in [1.165, 1.54) is 12.2 Å². The van der Waals surface area contributed by atoms with Gasteiger partial charge in [0, 0.05) is 74.7 Å². The first-order valence-corrected chi connectivity index (χ1v) is 19.0. The summed E-state index contributed by atoms with van der Waals surface area (Å²) in [6.45, 7) is 15.1. The van der Waals surface area contributed by atoms with Gasteiger partial charge in [-0.3, -0.25) is 19.2 Å². The van der Waals surface area contributed by atoms with Crippen LogP contribution in [0.25, 0.3) is 0 Å². The molecule has 2 aliphatic heterocycles. The van der Waals surface area contributed by atoms with Gasteiger partial charge in [-0.2, -0.15) is 0 Å². The van der Waals surface area contributed by atoms with E-state index in [0.29, 0.717) is 11.1 Å². The van der Waals surface area contributed by atoms with E-state index in [9.17, 15) is 19.2 Å². The van der Waals surface area contributed by atoms with Gasteiger partial charge in [0.15, 0.2) is 23.1 Å². The van der Waals surface area contributed by atoms with Crippen LogP contribution in [0, 0.1) is 11.8 Å². The lowest BCUT2D eigenvalue weighted by molar-refractivity contribution is 0.0919. The van der Waals surface area contributed by atoms with Crippen LogP contribution in [-0.2, 0) is 0 Å². The van der Waals surface area contributed by atoms with Crippen molar-refractivity contribution in [3.8, 4) is 0 Å². The molecule has 49 heavy (non-hydrogen) atoms. The highest BCUT2D eigenvalue weighted by atomic mass is 32.2. The maximum atomic E-state index is 12.5. The number of carbonyl (C=O) groups is 4. The number of hydrogen-bond donors (Lipinski definition) is 0. The maximum absolute atomic E-state index is 12.5. The Morgan fingerprint density at radius 3 is 1.06 bits per heavy atom. The molecule has 0 aliphatic carbocycles. The van der Waals surface area contributed by atoms with Crippen molar-refractivity contribution in [1.82, 2.24) is 0 Å². The molecule has 0 aromatic heterocycles. The topological polar surface area (TPSA) is 68.3 Å². The summed E-state index contributed by atoms with van der Waals surface area (Å²) in [6.07, 6.45) is 4.36. The quantitative estimate of drug-likeness (QED) is 0.102. The number of carbonyl (C=O) groups excluding carboxylic acids is 4. The van der Waals surface area contributed by atoms with E-state index < -0.39 is 0 Å². The zero-order valence-corrected chi connectivity index (χ0v) is 30.6. The number of rotatable bonds is 10. The molecule has 0 saturated heterocycles. The molecule has 2 atom stereocenters. The van der Waals surface area contributed by atoms with Crippen LogP contribution in [0.5, 0.6) is 0 Å². The van der Waals surface area contributed by atoms with E-state index in [2.05, 4.69) is 13.2 Å². The second kappa shape index (κ2) is 16.9. The molecule has 0 fully saturated rings. The molecule has 0 amide bonds. The second-order valence-corrected chi connectivity index (χ2v) is 15.9. The van der Waals surface area contributed by atoms with Gasteiger partial charge in [-0.25, -0.2) is 0 Å². The van der Waals surface area contributed by atoms with Gasteiger partial charge >= 0.3 is 0 Å². The Hall–Kier alpha value is -3.56. The van der Waals surface area contributed by atoms with Gasteiger partial charge in [-0.15, -0.1) is 0 Å². The van der Waals surface area contributed by atoms with E-state index in [1.807, 2.05) is 88.4 Å². The van der Waals surface area contributed by atoms with Crippen molar-refractivity contribution in [3.63, 3.8) is 0 Å². The Morgan fingerprint density at radius 2 is 0.796 bits per heavy atom. The summed E-state index contributed by atoms with van der Waals surface area (Å²) in [6, 6.07) is 23.2. The van der Waals surface area contributed by atoms with Crippen molar-refractivity contribution in [2.75, 3.05) is 0 Å². The van der Waals surface area contributed by atoms with Crippen LogP contribution in [-0.4, -0.2) is 23.1 Å². The van der Waals surface area contributed by atoms with Crippen molar-refractivity contribution in [2.45, 2.75) is 87.1 Å². The number of benzene rings is 4. The molecular weight excluding hydrogens is 685 g/mol. The van der Waals surface area contributed by atoms with Crippen LogP contribution in [0.1, 0.15) is 90.8 Å². The summed E-state index contributed by atoms with van der Waals surface area (Å²) in [5.74, 6) is 0.367. The third-order valence-electron chi connectivity index (χ3n) is 8.28. The molecule has 4 aromatic carbocycles. The van der Waals surface area contributed by atoms with Gasteiger partial charge in [0.25, 0.3) is 0 Å². The van der Waals surface area contributed by atoms with Crippen molar-refractivity contribution >= 4 is 70.2 Å². The minimum atomic E-state index is -0.0777. The molecule has 4 nitrogen and oxygen atoms in total. The van der Waals surface area contributed by atoms with Gasteiger partial charge in [-0.1, -0.05) is 107 Å². The first-order chi connectivity index (χ1) is 23.1. The summed E-state index contributed by atoms with van der Waals surface area (Å²) >= 11 is 6.58. The van der Waals surface area contributed by atoms with Crippen LogP contribution in [0.2, 0.25) is 0 Å². The van der Waals surface area contributed by atoms with Gasteiger partial charge < -0.3 is 0 Å². The van der Waals surface area contributed by atoms with E-state index in [1.54, 1.807) is 59.2 Å². The number of fused-ring (bicyclic) bond motifs is 4. The van der Waals surface area contributed by atoms with Crippen molar-refractivity contribution in [2.24, 2.45) is 11.8 Å². The van der Waals surface area contributed by atoms with Crippen LogP contribution in [0.3, 0.4) is 0 Å². The molecule has 254 valence electrons. The number of Topliss-reactive ketones (excluding diaryl/α,β-unsaturated/α-hetero) is 2. The lowest BCUT2D eigenvalue weighted by atomic mass is 9.97. The third kappa shape index (κ3) is 8.61. The molecule has 8 heteroatoms. The SMILES string of the molecule is C.C=CC(=O)c1ccc2c(c1)Sc1ccc(C(=O)C=C)cc1S2.CCC(C)C(=O)c1ccc2c(c1)Sc1ccc(C(=O)C(C)CC)cc1S2.[2HH]. The van der Waals surface area contributed by atoms with Gasteiger partial charge in [0.1, 0.15) is 0 Å². The molecule has 0 spiro atoms. The second-order valence-electron chi connectivity index (χ2n) is 11.5. The van der Waals surface area contributed by atoms with Crippen LogP contribution in [0.4, 0.5) is 0 Å². The Labute approximate surface area is 308 Å². The van der Waals surface area contributed by atoms with E-state index in [4.69, 9.17) is 0 Å². The van der Waals surface area contributed by atoms with E-state index in [0.717, 1.165) is 63.1 Å². The largest absolute Gasteiger partial charge is 0.294 e. The molecule has 2 unspecified atom stereocenters. The number of hydrogen-bond acceptors (Lipinski definition) is 8. The summed E-state index contributed by atoms with van der Waals surface area (Å²) in [7, 11) is 0. The van der Waals surface area contributed by atoms with E-state index >= 15 is 0 Å². The average Bonchev–Trinajstić information content (AvgIpc) is 3.13. The van der Waals surface area contributed by atoms with Gasteiger partial charge in [0.05, 0.1) is 0 Å². The van der Waals surface area contributed by atoms with Crippen LogP contribution in [0.15, 0.2) is 137 Å². The summed E-state index contributed by atoms with van der Waals surface area (Å²) in [5.41, 5.74) is 2.86. The molecule has 2 heterocycles. The van der Waals surface area contributed by atoms with Crippen LogP contribution >= 0.6 is 47.0 Å². The van der Waals surface area contributed by atoms with Crippen molar-refractivity contribution in [1.29, 1.82) is 0 Å². The smallest absolute Gasteiger partial charge is 0.185 e. The first-order valence-electron chi connectivity index (χ1n) is 15.8. The fourth-order valence-corrected chi connectivity index (χ4v) is 9.50. The van der Waals surface area contributed by atoms with Crippen molar-refractivity contribution < 1.29 is 20.6 Å². The normalized spacial score (nSPS) is 13.3. The van der Waals surface area contributed by atoms with Gasteiger partial charge in [0.2, 0.25) is 0 Å². The number of allylic oxidation sites excluding steroid dienone is 2. The molecule has 6 rings (SSSR count). The predicted octanol–water partition coefficient (Wildman–Crippen LogP) is 12.7. The zero-order valence-electron chi connectivity index (χ0n) is 27.3. The minimum Gasteiger partial charge on any atom is -0.294 e. The highest BCUT2D eigenvalue weighted by Crippen LogP contribution is 2.50. The highest BCUT2D eigenvalue weighted by molar-refractivity contribution is 8.05. The lowest BCUT2D eigenvalue weighted by Crippen LogP contribution is -2.11. The standard InChI is InChI=1S/C22H24O2S2.C18H12O2S2.CH4.H2/c1-5-13(3)21(23)15-7-9-17-19(11-15)25-18-10-8-16(12-20(18)26-17)22(24)14(4)6-2;1-3-13(19)11-5-7-15-17(9-11)21-16-8-6-12(14(20)4-2)10-18(16)22-15;;/h7-14H,5-6H2,1-4H3;3-10H,1-2H2;1H4;1H/i;;;1+1. The Balaban J connectivity index is 0.000000263. The molecule has 4 aromatic rings. The molecule has 0 bridgehead atoms. The van der Waals surface area contributed by atoms with Crippen LogP contribution < -0.4 is 0 Å². The Morgan fingerprint density at radius 1 is 0.531 bits per heavy atom. The third-order valence-corrected chi connectivity index (χ3v) is 13.3. The summed E-state index contributed by atoms with van der Waals surface area (Å²) in [5, 5.41) is 0. The molecule has 2 aliphatic rings. The maximum Gasteiger partial charge on any atom is 0.185 e. The fraction of sp³-hybridized carbons (Fsp3) is 0.220. The lowest BCUT2D eigenvalue weighted by Gasteiger charge is -2.20. The molecular formula is C41H42O4S4. The van der Waals surface area contributed by atoms with E-state index in [-0.39, 0.29) is 43.8 Å². The average molecular weight is 728 g/mol. The molecule has 0 radical (unpaired) electrons. The molecule has 0 N–H and O–H groups in total. The summed E-state index contributed by atoms with van der Waals surface area (Å²) in [4.78, 5) is 57.2. The Bertz CT molecular complexity index is 1830.